The fourth-order valence-electron chi connectivity index (χ4n) is 5.43. The summed E-state index contributed by atoms with van der Waals surface area (Å²) in [5, 5.41) is 13.2. The van der Waals surface area contributed by atoms with Gasteiger partial charge in [0.2, 0.25) is 0 Å². The molecule has 4 rings (SSSR count). The van der Waals surface area contributed by atoms with Crippen LogP contribution in [0.4, 0.5) is 0 Å². The van der Waals surface area contributed by atoms with Gasteiger partial charge in [0.25, 0.3) is 8.32 Å². The first kappa shape index (κ1) is 28.2. The Morgan fingerprint density at radius 3 is 1.92 bits per heavy atom. The maximum atomic E-state index is 12.5. The molecule has 1 saturated carbocycles. The summed E-state index contributed by atoms with van der Waals surface area (Å²) >= 11 is 0. The SMILES string of the molecule is CC(C)(C)[Si](OCC(O)COC1CCCC(OC(=O)c2ccccc2)C1)(c1ccccc1)c1ccccc1. The standard InChI is InChI=1S/C32H40O5Si/c1-32(2,3)38(29-18-9-5-10-19-29,30-20-11-6-12-21-30)36-24-26(33)23-35-27-16-13-17-28(22-27)37-31(34)25-14-7-4-8-15-25/h4-12,14-15,18-21,26-28,33H,13,16-17,22-24H2,1-3H3. The lowest BCUT2D eigenvalue weighted by atomic mass is 9.94. The van der Waals surface area contributed by atoms with Gasteiger partial charge in [0, 0.05) is 6.42 Å². The Balaban J connectivity index is 1.37. The number of aliphatic hydroxyl groups excluding tert-OH is 1. The first-order valence-corrected chi connectivity index (χ1v) is 15.5. The van der Waals surface area contributed by atoms with Crippen LogP contribution in [0, 0.1) is 0 Å². The van der Waals surface area contributed by atoms with Gasteiger partial charge < -0.3 is 19.0 Å². The van der Waals surface area contributed by atoms with Crippen LogP contribution in [0.1, 0.15) is 56.8 Å². The second kappa shape index (κ2) is 12.9. The van der Waals surface area contributed by atoms with E-state index in [1.54, 1.807) is 12.1 Å². The average Bonchev–Trinajstić information content (AvgIpc) is 2.93. The predicted octanol–water partition coefficient (Wildman–Crippen LogP) is 5.11. The van der Waals surface area contributed by atoms with E-state index in [0.29, 0.717) is 12.0 Å². The number of ether oxygens (including phenoxy) is 2. The molecule has 0 amide bonds. The fraction of sp³-hybridized carbons (Fsp3) is 0.406. The maximum absolute atomic E-state index is 12.5. The minimum atomic E-state index is -2.72. The van der Waals surface area contributed by atoms with Crippen LogP contribution in [-0.4, -0.2) is 50.9 Å². The zero-order valence-electron chi connectivity index (χ0n) is 22.7. The lowest BCUT2D eigenvalue weighted by Gasteiger charge is -2.43. The van der Waals surface area contributed by atoms with Gasteiger partial charge >= 0.3 is 5.97 Å². The van der Waals surface area contributed by atoms with Crippen LogP contribution < -0.4 is 10.4 Å². The lowest BCUT2D eigenvalue weighted by molar-refractivity contribution is -0.0619. The van der Waals surface area contributed by atoms with Crippen molar-refractivity contribution in [1.29, 1.82) is 0 Å². The molecule has 3 atom stereocenters. The normalized spacial score (nSPS) is 19.1. The van der Waals surface area contributed by atoms with Crippen LogP contribution in [0.15, 0.2) is 91.0 Å². The van der Waals surface area contributed by atoms with Crippen molar-refractivity contribution in [2.75, 3.05) is 13.2 Å². The van der Waals surface area contributed by atoms with Gasteiger partial charge in [0.05, 0.1) is 31.0 Å². The second-order valence-corrected chi connectivity index (χ2v) is 15.4. The number of esters is 1. The molecule has 1 fully saturated rings. The van der Waals surface area contributed by atoms with Gasteiger partial charge in [0.1, 0.15) is 6.10 Å². The Morgan fingerprint density at radius 1 is 0.842 bits per heavy atom. The second-order valence-electron chi connectivity index (χ2n) is 11.1. The van der Waals surface area contributed by atoms with Gasteiger partial charge in [-0.3, -0.25) is 0 Å². The molecule has 1 aliphatic carbocycles. The number of carbonyl (C=O) groups is 1. The van der Waals surface area contributed by atoms with Crippen molar-refractivity contribution >= 4 is 24.7 Å². The molecule has 3 aromatic rings. The van der Waals surface area contributed by atoms with E-state index in [1.165, 1.54) is 10.4 Å². The molecule has 0 heterocycles. The largest absolute Gasteiger partial charge is 0.459 e. The predicted molar refractivity (Wildman–Crippen MR) is 153 cm³/mol. The Labute approximate surface area is 227 Å². The fourth-order valence-corrected chi connectivity index (χ4v) is 10.0. The number of aliphatic hydroxyl groups is 1. The van der Waals surface area contributed by atoms with Crippen molar-refractivity contribution < 1.29 is 23.8 Å². The summed E-state index contributed by atoms with van der Waals surface area (Å²) in [4.78, 5) is 12.5. The van der Waals surface area contributed by atoms with Crippen molar-refractivity contribution in [2.45, 2.75) is 69.8 Å². The van der Waals surface area contributed by atoms with Crippen LogP contribution in [0.25, 0.3) is 0 Å². The van der Waals surface area contributed by atoms with E-state index < -0.39 is 14.4 Å². The summed E-state index contributed by atoms with van der Waals surface area (Å²) in [5.41, 5.74) is 0.562. The first-order chi connectivity index (χ1) is 18.3. The number of carbonyl (C=O) groups excluding carboxylic acids is 1. The van der Waals surface area contributed by atoms with Gasteiger partial charge in [-0.1, -0.05) is 99.6 Å². The smallest absolute Gasteiger partial charge is 0.338 e. The van der Waals surface area contributed by atoms with E-state index in [2.05, 4.69) is 69.3 Å². The minimum Gasteiger partial charge on any atom is -0.459 e. The highest BCUT2D eigenvalue weighted by Gasteiger charge is 2.50. The molecular formula is C32H40O5Si. The van der Waals surface area contributed by atoms with Crippen molar-refractivity contribution in [3.8, 4) is 0 Å². The number of rotatable bonds is 10. The Bertz CT molecular complexity index is 1090. The minimum absolute atomic E-state index is 0.0557. The summed E-state index contributed by atoms with van der Waals surface area (Å²) < 4.78 is 18.7. The van der Waals surface area contributed by atoms with Crippen molar-refractivity contribution in [3.63, 3.8) is 0 Å². The average molecular weight is 533 g/mol. The quantitative estimate of drug-likeness (QED) is 0.290. The van der Waals surface area contributed by atoms with Crippen LogP contribution >= 0.6 is 0 Å². The molecular weight excluding hydrogens is 492 g/mol. The van der Waals surface area contributed by atoms with Crippen LogP contribution in [0.3, 0.4) is 0 Å². The number of hydrogen-bond acceptors (Lipinski definition) is 5. The topological polar surface area (TPSA) is 65.0 Å². The summed E-state index contributed by atoms with van der Waals surface area (Å²) in [6.45, 7) is 7.04. The third-order valence-corrected chi connectivity index (χ3v) is 12.3. The molecule has 0 saturated heterocycles. The van der Waals surface area contributed by atoms with Crippen LogP contribution in [-0.2, 0) is 13.9 Å². The van der Waals surface area contributed by atoms with E-state index in [0.717, 1.165) is 19.3 Å². The molecule has 38 heavy (non-hydrogen) atoms. The van der Waals surface area contributed by atoms with Crippen molar-refractivity contribution in [1.82, 2.24) is 0 Å². The molecule has 0 bridgehead atoms. The van der Waals surface area contributed by atoms with Gasteiger partial charge in [-0.05, 0) is 46.8 Å². The van der Waals surface area contributed by atoms with Crippen molar-refractivity contribution in [3.05, 3.63) is 96.6 Å². The third kappa shape index (κ3) is 6.80. The van der Waals surface area contributed by atoms with E-state index in [1.807, 2.05) is 30.3 Å². The Morgan fingerprint density at radius 2 is 1.37 bits per heavy atom. The molecule has 1 aliphatic rings. The molecule has 0 spiro atoms. The molecule has 202 valence electrons. The highest BCUT2D eigenvalue weighted by molar-refractivity contribution is 6.99. The van der Waals surface area contributed by atoms with Gasteiger partial charge in [-0.15, -0.1) is 0 Å². The molecule has 0 radical (unpaired) electrons. The van der Waals surface area contributed by atoms with E-state index in [-0.39, 0.29) is 36.4 Å². The first-order valence-electron chi connectivity index (χ1n) is 13.6. The van der Waals surface area contributed by atoms with Crippen molar-refractivity contribution in [2.24, 2.45) is 0 Å². The summed E-state index contributed by atoms with van der Waals surface area (Å²) in [7, 11) is -2.72. The molecule has 3 aromatic carbocycles. The molecule has 1 N–H and O–H groups in total. The summed E-state index contributed by atoms with van der Waals surface area (Å²) in [6.07, 6.45) is 2.29. The van der Waals surface area contributed by atoms with Crippen LogP contribution in [0.2, 0.25) is 5.04 Å². The highest BCUT2D eigenvalue weighted by atomic mass is 28.4. The molecule has 3 unspecified atom stereocenters. The zero-order valence-corrected chi connectivity index (χ0v) is 23.7. The van der Waals surface area contributed by atoms with E-state index in [9.17, 15) is 9.90 Å². The number of benzene rings is 3. The number of hydrogen-bond donors (Lipinski definition) is 1. The Hall–Kier alpha value is -2.77. The Kier molecular flexibility index (Phi) is 9.55. The van der Waals surface area contributed by atoms with Gasteiger partial charge in [-0.2, -0.15) is 0 Å². The van der Waals surface area contributed by atoms with Crippen LogP contribution in [0.5, 0.6) is 0 Å². The van der Waals surface area contributed by atoms with E-state index in [4.69, 9.17) is 13.9 Å². The third-order valence-electron chi connectivity index (χ3n) is 7.29. The zero-order chi connectivity index (χ0) is 27.0. The van der Waals surface area contributed by atoms with E-state index >= 15 is 0 Å². The summed E-state index contributed by atoms with van der Waals surface area (Å²) in [5.74, 6) is -0.296. The molecule has 6 heteroatoms. The van der Waals surface area contributed by atoms with Gasteiger partial charge in [0.15, 0.2) is 0 Å². The molecule has 0 aromatic heterocycles. The van der Waals surface area contributed by atoms with Gasteiger partial charge in [-0.25, -0.2) is 4.79 Å². The molecule has 5 nitrogen and oxygen atoms in total. The molecule has 0 aliphatic heterocycles. The highest BCUT2D eigenvalue weighted by Crippen LogP contribution is 2.36. The lowest BCUT2D eigenvalue weighted by Crippen LogP contribution is -2.67. The monoisotopic (exact) mass is 532 g/mol. The summed E-state index contributed by atoms with van der Waals surface area (Å²) in [6, 6.07) is 29.9. The maximum Gasteiger partial charge on any atom is 0.338 e.